The molecule has 0 amide bonds. The second kappa shape index (κ2) is 10.8. The average Bonchev–Trinajstić information content (AvgIpc) is 2.76. The molecule has 7 nitrogen and oxygen atoms in total. The number of unbranched alkanes of at least 4 members (excludes halogenated alkanes) is 1. The van der Waals surface area contributed by atoms with Gasteiger partial charge in [0.15, 0.2) is 11.5 Å². The minimum absolute atomic E-state index is 0.256. The van der Waals surface area contributed by atoms with Gasteiger partial charge in [-0.25, -0.2) is 10.4 Å². The molecule has 2 aromatic carbocycles. The highest BCUT2D eigenvalue weighted by Gasteiger charge is 2.06. The van der Waals surface area contributed by atoms with E-state index in [0.717, 1.165) is 29.7 Å². The van der Waals surface area contributed by atoms with Gasteiger partial charge in [0.2, 0.25) is 5.95 Å². The summed E-state index contributed by atoms with van der Waals surface area (Å²) < 4.78 is 11.5. The molecule has 0 aliphatic carbocycles. The third kappa shape index (κ3) is 5.94. The molecule has 0 saturated carbocycles. The molecule has 3 rings (SSSR count). The quantitative estimate of drug-likeness (QED) is 0.295. The molecule has 0 fully saturated rings. The Morgan fingerprint density at radius 2 is 1.90 bits per heavy atom. The number of aromatic nitrogens is 2. The molecule has 30 heavy (non-hydrogen) atoms. The number of ether oxygens (including phenoxy) is 2. The van der Waals surface area contributed by atoms with Crippen LogP contribution in [0.1, 0.15) is 32.3 Å². The number of rotatable bonds is 10. The summed E-state index contributed by atoms with van der Waals surface area (Å²) in [4.78, 5) is 19.0. The van der Waals surface area contributed by atoms with Crippen molar-refractivity contribution in [1.29, 1.82) is 0 Å². The largest absolute Gasteiger partial charge is 0.490 e. The standard InChI is InChI=1S/C23H26N4O3/c1-3-5-13-30-20-12-11-17(14-21(20)29-4-2)16-24-27-23-25-19(15-22(28)26-23)18-9-7-6-8-10-18/h6-12,14-16H,3-5,13H2,1-2H3,(H2,25,26,27,28)/b24-16-. The molecule has 1 heterocycles. The van der Waals surface area contributed by atoms with Crippen LogP contribution in [0, 0.1) is 0 Å². The predicted octanol–water partition coefficient (Wildman–Crippen LogP) is 4.46. The maximum atomic E-state index is 12.0. The molecule has 0 aliphatic rings. The fourth-order valence-electron chi connectivity index (χ4n) is 2.75. The molecule has 156 valence electrons. The zero-order chi connectivity index (χ0) is 21.2. The Bertz CT molecular complexity index is 1030. The molecular weight excluding hydrogens is 380 g/mol. The van der Waals surface area contributed by atoms with E-state index in [1.54, 1.807) is 6.21 Å². The molecule has 0 saturated heterocycles. The molecule has 1 aromatic heterocycles. The van der Waals surface area contributed by atoms with Gasteiger partial charge < -0.3 is 9.47 Å². The van der Waals surface area contributed by atoms with Crippen LogP contribution in [0.15, 0.2) is 64.5 Å². The predicted molar refractivity (Wildman–Crippen MR) is 120 cm³/mol. The SMILES string of the molecule is CCCCOc1ccc(/C=N\Nc2nc(-c3ccccc3)cc(=O)[nH]2)cc1OCC. The second-order valence-corrected chi connectivity index (χ2v) is 6.56. The number of hydrazone groups is 1. The van der Waals surface area contributed by atoms with Gasteiger partial charge in [-0.2, -0.15) is 5.10 Å². The van der Waals surface area contributed by atoms with Crippen LogP contribution in [0.3, 0.4) is 0 Å². The molecule has 3 aromatic rings. The van der Waals surface area contributed by atoms with Crippen molar-refractivity contribution in [3.63, 3.8) is 0 Å². The number of aromatic amines is 1. The van der Waals surface area contributed by atoms with E-state index in [9.17, 15) is 4.79 Å². The molecule has 7 heteroatoms. The lowest BCUT2D eigenvalue weighted by Crippen LogP contribution is -2.10. The van der Waals surface area contributed by atoms with E-state index in [1.165, 1.54) is 6.07 Å². The zero-order valence-electron chi connectivity index (χ0n) is 17.2. The van der Waals surface area contributed by atoms with Crippen LogP contribution in [-0.2, 0) is 0 Å². The Morgan fingerprint density at radius 1 is 1.07 bits per heavy atom. The summed E-state index contributed by atoms with van der Waals surface area (Å²) in [6.07, 6.45) is 3.70. The van der Waals surface area contributed by atoms with Gasteiger partial charge in [-0.15, -0.1) is 0 Å². The Morgan fingerprint density at radius 3 is 2.67 bits per heavy atom. The van der Waals surface area contributed by atoms with Gasteiger partial charge in [0, 0.05) is 11.6 Å². The number of hydrogen-bond acceptors (Lipinski definition) is 6. The highest BCUT2D eigenvalue weighted by Crippen LogP contribution is 2.28. The maximum absolute atomic E-state index is 12.0. The maximum Gasteiger partial charge on any atom is 0.252 e. The molecule has 0 atom stereocenters. The third-order valence-corrected chi connectivity index (χ3v) is 4.22. The minimum Gasteiger partial charge on any atom is -0.490 e. The topological polar surface area (TPSA) is 88.6 Å². The van der Waals surface area contributed by atoms with Crippen molar-refractivity contribution in [2.75, 3.05) is 18.6 Å². The highest BCUT2D eigenvalue weighted by molar-refractivity contribution is 5.81. The summed E-state index contributed by atoms with van der Waals surface area (Å²) in [6.45, 7) is 5.25. The molecule has 0 bridgehead atoms. The number of H-pyrrole nitrogens is 1. The van der Waals surface area contributed by atoms with Crippen molar-refractivity contribution >= 4 is 12.2 Å². The summed E-state index contributed by atoms with van der Waals surface area (Å²) in [5, 5.41) is 4.19. The number of benzene rings is 2. The first kappa shape index (κ1) is 21.1. The van der Waals surface area contributed by atoms with E-state index in [4.69, 9.17) is 9.47 Å². The Kier molecular flexibility index (Phi) is 7.60. The average molecular weight is 406 g/mol. The lowest BCUT2D eigenvalue weighted by molar-refractivity contribution is 0.272. The zero-order valence-corrected chi connectivity index (χ0v) is 17.2. The van der Waals surface area contributed by atoms with Crippen molar-refractivity contribution in [1.82, 2.24) is 9.97 Å². The fraction of sp³-hybridized carbons (Fsp3) is 0.261. The molecule has 0 spiro atoms. The van der Waals surface area contributed by atoms with E-state index < -0.39 is 0 Å². The Balaban J connectivity index is 1.72. The minimum atomic E-state index is -0.256. The van der Waals surface area contributed by atoms with Gasteiger partial charge in [0.1, 0.15) is 0 Å². The number of nitrogens with zero attached hydrogens (tertiary/aromatic N) is 2. The van der Waals surface area contributed by atoms with Gasteiger partial charge >= 0.3 is 0 Å². The molecule has 0 unspecified atom stereocenters. The first-order chi connectivity index (χ1) is 14.7. The van der Waals surface area contributed by atoms with Gasteiger partial charge in [-0.3, -0.25) is 9.78 Å². The first-order valence-corrected chi connectivity index (χ1v) is 10.0. The summed E-state index contributed by atoms with van der Waals surface area (Å²) in [5.41, 5.74) is 4.79. The summed E-state index contributed by atoms with van der Waals surface area (Å²) in [7, 11) is 0. The fourth-order valence-corrected chi connectivity index (χ4v) is 2.75. The van der Waals surface area contributed by atoms with Gasteiger partial charge in [-0.1, -0.05) is 43.7 Å². The van der Waals surface area contributed by atoms with Crippen molar-refractivity contribution in [3.05, 3.63) is 70.5 Å². The van der Waals surface area contributed by atoms with E-state index in [-0.39, 0.29) is 11.5 Å². The molecular formula is C23H26N4O3. The first-order valence-electron chi connectivity index (χ1n) is 10.0. The Hall–Kier alpha value is -3.61. The van der Waals surface area contributed by atoms with Crippen molar-refractivity contribution in [3.8, 4) is 22.8 Å². The van der Waals surface area contributed by atoms with E-state index in [1.807, 2.05) is 55.5 Å². The lowest BCUT2D eigenvalue weighted by Gasteiger charge is -2.12. The van der Waals surface area contributed by atoms with Gasteiger partial charge in [-0.05, 0) is 37.1 Å². The van der Waals surface area contributed by atoms with E-state index in [0.29, 0.717) is 24.7 Å². The lowest BCUT2D eigenvalue weighted by atomic mass is 10.1. The smallest absolute Gasteiger partial charge is 0.252 e. The van der Waals surface area contributed by atoms with Crippen LogP contribution < -0.4 is 20.5 Å². The van der Waals surface area contributed by atoms with Gasteiger partial charge in [0.25, 0.3) is 5.56 Å². The summed E-state index contributed by atoms with van der Waals surface area (Å²) in [6, 6.07) is 16.6. The highest BCUT2D eigenvalue weighted by atomic mass is 16.5. The normalized spacial score (nSPS) is 10.9. The third-order valence-electron chi connectivity index (χ3n) is 4.22. The van der Waals surface area contributed by atoms with E-state index in [2.05, 4.69) is 27.4 Å². The van der Waals surface area contributed by atoms with Crippen LogP contribution in [0.2, 0.25) is 0 Å². The van der Waals surface area contributed by atoms with Crippen LogP contribution in [0.5, 0.6) is 11.5 Å². The second-order valence-electron chi connectivity index (χ2n) is 6.56. The summed E-state index contributed by atoms with van der Waals surface area (Å²) >= 11 is 0. The number of anilines is 1. The van der Waals surface area contributed by atoms with Crippen molar-refractivity contribution in [2.45, 2.75) is 26.7 Å². The van der Waals surface area contributed by atoms with Crippen molar-refractivity contribution < 1.29 is 9.47 Å². The van der Waals surface area contributed by atoms with Crippen LogP contribution in [-0.4, -0.2) is 29.4 Å². The molecule has 0 radical (unpaired) electrons. The van der Waals surface area contributed by atoms with Crippen LogP contribution >= 0.6 is 0 Å². The van der Waals surface area contributed by atoms with E-state index >= 15 is 0 Å². The Labute approximate surface area is 175 Å². The van der Waals surface area contributed by atoms with Gasteiger partial charge in [0.05, 0.1) is 25.1 Å². The summed E-state index contributed by atoms with van der Waals surface area (Å²) in [5.74, 6) is 1.66. The number of nitrogens with one attached hydrogen (secondary N) is 2. The molecule has 0 aliphatic heterocycles. The van der Waals surface area contributed by atoms with Crippen LogP contribution in [0.4, 0.5) is 5.95 Å². The number of hydrogen-bond donors (Lipinski definition) is 2. The molecule has 2 N–H and O–H groups in total. The van der Waals surface area contributed by atoms with Crippen LogP contribution in [0.25, 0.3) is 11.3 Å². The van der Waals surface area contributed by atoms with Crippen molar-refractivity contribution in [2.24, 2.45) is 5.10 Å². The monoisotopic (exact) mass is 406 g/mol.